The van der Waals surface area contributed by atoms with Gasteiger partial charge < -0.3 is 4.57 Å². The summed E-state index contributed by atoms with van der Waals surface area (Å²) in [4.78, 5) is 4.08. The normalized spacial score (nSPS) is 12.6. The monoisotopic (exact) mass is 224 g/mol. The van der Waals surface area contributed by atoms with Gasteiger partial charge in [0, 0.05) is 18.5 Å². The van der Waals surface area contributed by atoms with E-state index < -0.39 is 11.8 Å². The zero-order chi connectivity index (χ0) is 11.9. The Morgan fingerprint density at radius 1 is 1.31 bits per heavy atom. The molecular weight excluding hydrogens is 210 g/mol. The first-order valence-electron chi connectivity index (χ1n) is 5.22. The van der Waals surface area contributed by atoms with Gasteiger partial charge in [0.15, 0.2) is 0 Å². The van der Waals surface area contributed by atoms with Crippen LogP contribution in [0, 0.1) is 5.92 Å². The Morgan fingerprint density at radius 2 is 2.00 bits per heavy atom. The molecule has 2 nitrogen and oxygen atoms in total. The fraction of sp³-hybridized carbons (Fsp3) is 0.417. The van der Waals surface area contributed by atoms with Crippen LogP contribution >= 0.6 is 0 Å². The minimum absolute atomic E-state index is 0.0358. The zero-order valence-corrected chi connectivity index (χ0v) is 9.54. The average Bonchev–Trinajstić information content (AvgIpc) is 2.60. The van der Waals surface area contributed by atoms with Gasteiger partial charge in [-0.3, -0.25) is 0 Å². The lowest BCUT2D eigenvalue weighted by atomic mass is 9.97. The number of alkyl halides is 2. The second-order valence-electron chi connectivity index (χ2n) is 4.34. The predicted octanol–water partition coefficient (Wildman–Crippen LogP) is 3.32. The van der Waals surface area contributed by atoms with Crippen molar-refractivity contribution in [3.05, 3.63) is 30.1 Å². The van der Waals surface area contributed by atoms with Gasteiger partial charge in [-0.25, -0.2) is 13.8 Å². The third-order valence-corrected chi connectivity index (χ3v) is 2.84. The molecule has 4 heteroatoms. The van der Waals surface area contributed by atoms with Gasteiger partial charge in [0.25, 0.3) is 5.92 Å². The molecule has 16 heavy (non-hydrogen) atoms. The lowest BCUT2D eigenvalue weighted by Crippen LogP contribution is -2.20. The number of imidazole rings is 1. The van der Waals surface area contributed by atoms with Crippen molar-refractivity contribution in [3.63, 3.8) is 0 Å². The maximum absolute atomic E-state index is 13.8. The van der Waals surface area contributed by atoms with E-state index in [2.05, 4.69) is 4.98 Å². The van der Waals surface area contributed by atoms with Crippen LogP contribution in [0.5, 0.6) is 0 Å². The van der Waals surface area contributed by atoms with Crippen LogP contribution < -0.4 is 0 Å². The van der Waals surface area contributed by atoms with Crippen LogP contribution in [0.15, 0.2) is 24.5 Å². The van der Waals surface area contributed by atoms with Crippen molar-refractivity contribution in [3.8, 4) is 0 Å². The number of nitrogens with zero attached hydrogens (tertiary/aromatic N) is 2. The molecule has 0 aliphatic carbocycles. The van der Waals surface area contributed by atoms with E-state index in [-0.39, 0.29) is 5.56 Å². The molecule has 0 bridgehead atoms. The lowest BCUT2D eigenvalue weighted by molar-refractivity contribution is -0.0512. The maximum Gasteiger partial charge on any atom is 0.275 e. The van der Waals surface area contributed by atoms with Crippen molar-refractivity contribution in [2.75, 3.05) is 0 Å². The van der Waals surface area contributed by atoms with Crippen molar-refractivity contribution in [1.82, 2.24) is 9.55 Å². The number of hydrogen-bond acceptors (Lipinski definition) is 1. The van der Waals surface area contributed by atoms with E-state index in [0.717, 1.165) is 5.52 Å². The van der Waals surface area contributed by atoms with Crippen molar-refractivity contribution in [1.29, 1.82) is 0 Å². The van der Waals surface area contributed by atoms with E-state index in [1.54, 1.807) is 12.4 Å². The van der Waals surface area contributed by atoms with Crippen molar-refractivity contribution in [2.45, 2.75) is 19.8 Å². The molecule has 0 spiro atoms. The summed E-state index contributed by atoms with van der Waals surface area (Å²) in [5.41, 5.74) is 1.51. The van der Waals surface area contributed by atoms with E-state index in [1.165, 1.54) is 26.0 Å². The molecule has 0 saturated heterocycles. The summed E-state index contributed by atoms with van der Waals surface area (Å²) in [6, 6.07) is 4.63. The fourth-order valence-corrected chi connectivity index (χ4v) is 1.68. The first kappa shape index (κ1) is 11.0. The van der Waals surface area contributed by atoms with Crippen LogP contribution in [0.25, 0.3) is 11.0 Å². The molecule has 0 radical (unpaired) electrons. The summed E-state index contributed by atoms with van der Waals surface area (Å²) >= 11 is 0. The third kappa shape index (κ3) is 1.58. The quantitative estimate of drug-likeness (QED) is 0.765. The third-order valence-electron chi connectivity index (χ3n) is 2.84. The average molecular weight is 224 g/mol. The lowest BCUT2D eigenvalue weighted by Gasteiger charge is -2.20. The van der Waals surface area contributed by atoms with Gasteiger partial charge in [-0.2, -0.15) is 0 Å². The highest BCUT2D eigenvalue weighted by atomic mass is 19.3. The van der Waals surface area contributed by atoms with Gasteiger partial charge in [0.2, 0.25) is 0 Å². The largest absolute Gasteiger partial charge is 0.334 e. The summed E-state index contributed by atoms with van der Waals surface area (Å²) in [5, 5.41) is 0. The minimum atomic E-state index is -2.80. The standard InChI is InChI=1S/C12H14F2N2/c1-8(2)12(13,14)9-4-5-11-10(6-9)15-7-16(11)3/h4-8H,1-3H3. The van der Waals surface area contributed by atoms with Crippen LogP contribution in [-0.2, 0) is 13.0 Å². The van der Waals surface area contributed by atoms with Gasteiger partial charge >= 0.3 is 0 Å². The number of hydrogen-bond donors (Lipinski definition) is 0. The number of benzene rings is 1. The van der Waals surface area contributed by atoms with E-state index in [1.807, 2.05) is 11.6 Å². The molecule has 0 atom stereocenters. The molecule has 0 saturated carbocycles. The smallest absolute Gasteiger partial charge is 0.275 e. The SMILES string of the molecule is CC(C)C(F)(F)c1ccc2c(c1)ncn2C. The Kier molecular flexibility index (Phi) is 2.45. The fourth-order valence-electron chi connectivity index (χ4n) is 1.68. The Hall–Kier alpha value is -1.45. The molecule has 86 valence electrons. The van der Waals surface area contributed by atoms with E-state index in [4.69, 9.17) is 0 Å². The Bertz CT molecular complexity index is 515. The van der Waals surface area contributed by atoms with Gasteiger partial charge in [-0.1, -0.05) is 19.9 Å². The van der Waals surface area contributed by atoms with Crippen LogP contribution in [0.4, 0.5) is 8.78 Å². The van der Waals surface area contributed by atoms with E-state index in [9.17, 15) is 8.78 Å². The number of aryl methyl sites for hydroxylation is 1. The van der Waals surface area contributed by atoms with Gasteiger partial charge in [0.05, 0.1) is 17.4 Å². The first-order chi connectivity index (χ1) is 7.43. The van der Waals surface area contributed by atoms with Crippen molar-refractivity contribution >= 4 is 11.0 Å². The summed E-state index contributed by atoms with van der Waals surface area (Å²) in [6.45, 7) is 3.03. The van der Waals surface area contributed by atoms with Gasteiger partial charge in [-0.15, -0.1) is 0 Å². The van der Waals surface area contributed by atoms with E-state index in [0.29, 0.717) is 5.52 Å². The number of halogens is 2. The summed E-state index contributed by atoms with van der Waals surface area (Å²) in [7, 11) is 1.84. The maximum atomic E-state index is 13.8. The molecule has 0 fully saturated rings. The second-order valence-corrected chi connectivity index (χ2v) is 4.34. The molecule has 0 aliphatic heterocycles. The first-order valence-corrected chi connectivity index (χ1v) is 5.22. The Labute approximate surface area is 92.9 Å². The van der Waals surface area contributed by atoms with Gasteiger partial charge in [-0.05, 0) is 12.1 Å². The van der Waals surface area contributed by atoms with Crippen molar-refractivity contribution in [2.24, 2.45) is 13.0 Å². The highest BCUT2D eigenvalue weighted by molar-refractivity contribution is 5.76. The number of aromatic nitrogens is 2. The summed E-state index contributed by atoms with van der Waals surface area (Å²) in [6.07, 6.45) is 1.63. The molecule has 0 unspecified atom stereocenters. The highest BCUT2D eigenvalue weighted by Crippen LogP contribution is 2.36. The minimum Gasteiger partial charge on any atom is -0.334 e. The number of rotatable bonds is 2. The Balaban J connectivity index is 2.55. The number of fused-ring (bicyclic) bond motifs is 1. The molecule has 0 aliphatic rings. The molecule has 1 aromatic carbocycles. The molecular formula is C12H14F2N2. The van der Waals surface area contributed by atoms with E-state index >= 15 is 0 Å². The molecule has 1 heterocycles. The second kappa shape index (κ2) is 3.54. The van der Waals surface area contributed by atoms with Crippen LogP contribution in [0.3, 0.4) is 0 Å². The molecule has 0 N–H and O–H groups in total. The van der Waals surface area contributed by atoms with Gasteiger partial charge in [0.1, 0.15) is 0 Å². The van der Waals surface area contributed by atoms with Crippen LogP contribution in [0.1, 0.15) is 19.4 Å². The van der Waals surface area contributed by atoms with Crippen molar-refractivity contribution < 1.29 is 8.78 Å². The topological polar surface area (TPSA) is 17.8 Å². The molecule has 2 aromatic rings. The molecule has 1 aromatic heterocycles. The summed E-state index contributed by atoms with van der Waals surface area (Å²) in [5.74, 6) is -3.51. The molecule has 2 rings (SSSR count). The van der Waals surface area contributed by atoms with Crippen LogP contribution in [0.2, 0.25) is 0 Å². The zero-order valence-electron chi connectivity index (χ0n) is 9.54. The van der Waals surface area contributed by atoms with Crippen LogP contribution in [-0.4, -0.2) is 9.55 Å². The summed E-state index contributed by atoms with van der Waals surface area (Å²) < 4.78 is 29.4. The predicted molar refractivity (Wildman–Crippen MR) is 59.4 cm³/mol. The Morgan fingerprint density at radius 3 is 2.62 bits per heavy atom. The molecule has 0 amide bonds. The highest BCUT2D eigenvalue weighted by Gasteiger charge is 2.35.